The van der Waals surface area contributed by atoms with Crippen molar-refractivity contribution < 1.29 is 14.1 Å². The molecule has 9 nitrogen and oxygen atoms in total. The molecule has 2 aromatic carbocycles. The van der Waals surface area contributed by atoms with Gasteiger partial charge in [-0.3, -0.25) is 15.0 Å². The van der Waals surface area contributed by atoms with E-state index in [0.717, 1.165) is 25.2 Å². The zero-order chi connectivity index (χ0) is 22.4. The largest absolute Gasteiger partial charge is 0.494 e. The van der Waals surface area contributed by atoms with Crippen molar-refractivity contribution in [1.29, 1.82) is 0 Å². The van der Waals surface area contributed by atoms with Gasteiger partial charge in [-0.2, -0.15) is 5.11 Å². The number of hydrogen-bond acceptors (Lipinski definition) is 7. The van der Waals surface area contributed by atoms with Gasteiger partial charge in [0.05, 0.1) is 50.0 Å². The average molecular weight is 440 g/mol. The van der Waals surface area contributed by atoms with E-state index in [9.17, 15) is 10.1 Å². The lowest BCUT2D eigenvalue weighted by molar-refractivity contribution is -0.939. The minimum absolute atomic E-state index is 0.0403. The molecule has 0 spiro atoms. The van der Waals surface area contributed by atoms with Crippen molar-refractivity contribution in [1.82, 2.24) is 10.2 Å². The molecule has 0 radical (unpaired) electrons. The van der Waals surface area contributed by atoms with Crippen LogP contribution in [0.3, 0.4) is 0 Å². The van der Waals surface area contributed by atoms with Crippen molar-refractivity contribution in [3.8, 4) is 5.75 Å². The molecule has 0 aromatic heterocycles. The van der Waals surface area contributed by atoms with Gasteiger partial charge in [-0.05, 0) is 36.7 Å². The Morgan fingerprint density at radius 3 is 2.44 bits per heavy atom. The number of azo groups is 1. The Balaban J connectivity index is 1.23. The number of ether oxygens (including phenoxy) is 1. The monoisotopic (exact) mass is 439 g/mol. The molecule has 0 amide bonds. The molecule has 3 heterocycles. The summed E-state index contributed by atoms with van der Waals surface area (Å²) in [4.78, 5) is 13.0. The van der Waals surface area contributed by atoms with Gasteiger partial charge in [-0.1, -0.05) is 12.1 Å². The molecule has 2 aromatic rings. The molecule has 9 heteroatoms. The van der Waals surface area contributed by atoms with Gasteiger partial charge in [0.15, 0.2) is 5.75 Å². The number of methoxy groups -OCH3 is 1. The summed E-state index contributed by atoms with van der Waals surface area (Å²) in [6.07, 6.45) is 0.974. The topological polar surface area (TPSA) is 92.4 Å². The number of non-ortho nitro benzene ring substituents is 1. The second-order valence-electron chi connectivity index (χ2n) is 8.56. The Labute approximate surface area is 188 Å². The number of fused-ring (bicyclic) bond motifs is 3. The highest BCUT2D eigenvalue weighted by Crippen LogP contribution is 2.32. The zero-order valence-corrected chi connectivity index (χ0v) is 18.6. The lowest BCUT2D eigenvalue weighted by Crippen LogP contribution is -2.68. The Morgan fingerprint density at radius 2 is 1.78 bits per heavy atom. The lowest BCUT2D eigenvalue weighted by Gasteiger charge is -2.50. The van der Waals surface area contributed by atoms with Gasteiger partial charge in [0.1, 0.15) is 5.69 Å². The normalized spacial score (nSPS) is 22.3. The van der Waals surface area contributed by atoms with E-state index < -0.39 is 4.92 Å². The molecular weight excluding hydrogens is 408 g/mol. The average Bonchev–Trinajstić information content (AvgIpc) is 2.84. The maximum atomic E-state index is 10.9. The van der Waals surface area contributed by atoms with Crippen LogP contribution in [0.15, 0.2) is 52.7 Å². The molecule has 0 saturated carbocycles. The second-order valence-corrected chi connectivity index (χ2v) is 8.56. The molecule has 1 N–H and O–H groups in total. The third-order valence-corrected chi connectivity index (χ3v) is 6.61. The molecule has 3 saturated heterocycles. The number of hydrogen-bond donors (Lipinski definition) is 1. The van der Waals surface area contributed by atoms with Crippen molar-refractivity contribution >= 4 is 17.1 Å². The number of quaternary nitrogens is 1. The van der Waals surface area contributed by atoms with Crippen LogP contribution in [0.2, 0.25) is 0 Å². The first-order chi connectivity index (χ1) is 15.6. The molecule has 3 fully saturated rings. The fourth-order valence-corrected chi connectivity index (χ4v) is 4.44. The maximum Gasteiger partial charge on any atom is 0.273 e. The predicted octanol–water partition coefficient (Wildman–Crippen LogP) is 3.30. The number of nitrogens with one attached hydrogen (secondary N) is 1. The van der Waals surface area contributed by atoms with E-state index in [0.29, 0.717) is 11.4 Å². The molecule has 0 aliphatic carbocycles. The summed E-state index contributed by atoms with van der Waals surface area (Å²) in [6, 6.07) is 12.3. The quantitative estimate of drug-likeness (QED) is 0.202. The van der Waals surface area contributed by atoms with Gasteiger partial charge in [0, 0.05) is 32.2 Å². The number of nitro benzene ring substituents is 1. The molecule has 32 heavy (non-hydrogen) atoms. The smallest absolute Gasteiger partial charge is 0.273 e. The van der Waals surface area contributed by atoms with Gasteiger partial charge in [-0.15, -0.1) is 5.11 Å². The van der Waals surface area contributed by atoms with Gasteiger partial charge in [-0.25, -0.2) is 0 Å². The van der Waals surface area contributed by atoms with Crippen LogP contribution >= 0.6 is 0 Å². The Hall–Kier alpha value is -2.88. The highest BCUT2D eigenvalue weighted by Gasteiger charge is 2.37. The summed E-state index contributed by atoms with van der Waals surface area (Å²) >= 11 is 0. The summed E-state index contributed by atoms with van der Waals surface area (Å²) < 4.78 is 6.49. The molecule has 0 unspecified atom stereocenters. The minimum Gasteiger partial charge on any atom is -0.494 e. The number of rotatable bonds is 10. The van der Waals surface area contributed by atoms with Crippen LogP contribution in [0, 0.1) is 10.1 Å². The number of nitro groups is 1. The van der Waals surface area contributed by atoms with Crippen LogP contribution in [-0.2, 0) is 6.42 Å². The lowest BCUT2D eigenvalue weighted by atomic mass is 10.1. The van der Waals surface area contributed by atoms with Crippen LogP contribution in [0.5, 0.6) is 5.75 Å². The summed E-state index contributed by atoms with van der Waals surface area (Å²) in [7, 11) is 1.46. The summed E-state index contributed by atoms with van der Waals surface area (Å²) in [5.74, 6) is 0.322. The van der Waals surface area contributed by atoms with Crippen LogP contribution in [0.4, 0.5) is 17.1 Å². The Bertz CT molecular complexity index is 941. The second kappa shape index (κ2) is 10.2. The van der Waals surface area contributed by atoms with Crippen LogP contribution in [0.1, 0.15) is 5.56 Å². The Kier molecular flexibility index (Phi) is 7.09. The fraction of sp³-hybridized carbons (Fsp3) is 0.478. The van der Waals surface area contributed by atoms with E-state index in [1.165, 1.54) is 81.2 Å². The highest BCUT2D eigenvalue weighted by molar-refractivity contribution is 5.57. The first kappa shape index (κ1) is 22.3. The molecule has 0 atom stereocenters. The molecule has 5 rings (SSSR count). The van der Waals surface area contributed by atoms with Crippen LogP contribution in [-0.4, -0.2) is 80.3 Å². The maximum absolute atomic E-state index is 10.9. The first-order valence-electron chi connectivity index (χ1n) is 11.2. The molecular formula is C23H31N6O3+. The van der Waals surface area contributed by atoms with E-state index in [2.05, 4.69) is 32.6 Å². The van der Waals surface area contributed by atoms with E-state index in [4.69, 9.17) is 4.74 Å². The third kappa shape index (κ3) is 5.48. The van der Waals surface area contributed by atoms with Crippen molar-refractivity contribution in [3.05, 3.63) is 58.1 Å². The van der Waals surface area contributed by atoms with Crippen molar-refractivity contribution in [2.24, 2.45) is 10.2 Å². The SMILES string of the molecule is COc1cc([N+](=O)[O-])ccc1N=Nc1ccc(CCNCC[N+]23CCN(CC2)CC3)cc1. The van der Waals surface area contributed by atoms with Gasteiger partial charge >= 0.3 is 0 Å². The standard InChI is InChI=1S/C23H31N6O3/c1-32-23-18-21(28(30)31)6-7-22(23)26-25-20-4-2-19(3-5-20)8-9-24-10-14-29-15-11-27(12-16-29)13-17-29/h2-7,18,24H,8-17H2,1H3/q+1. The number of benzene rings is 2. The van der Waals surface area contributed by atoms with Gasteiger partial charge in [0.25, 0.3) is 5.69 Å². The van der Waals surface area contributed by atoms with E-state index in [1.807, 2.05) is 12.1 Å². The van der Waals surface area contributed by atoms with E-state index in [1.54, 1.807) is 0 Å². The van der Waals surface area contributed by atoms with Crippen LogP contribution in [0.25, 0.3) is 0 Å². The van der Waals surface area contributed by atoms with Gasteiger partial charge in [0.2, 0.25) is 0 Å². The predicted molar refractivity (Wildman–Crippen MR) is 123 cm³/mol. The summed E-state index contributed by atoms with van der Waals surface area (Å²) in [5, 5.41) is 22.9. The Morgan fingerprint density at radius 1 is 1.06 bits per heavy atom. The third-order valence-electron chi connectivity index (χ3n) is 6.61. The molecule has 2 bridgehead atoms. The van der Waals surface area contributed by atoms with Crippen LogP contribution < -0.4 is 10.1 Å². The minimum atomic E-state index is -0.464. The van der Waals surface area contributed by atoms with Crippen molar-refractivity contribution in [2.75, 3.05) is 66.0 Å². The van der Waals surface area contributed by atoms with Crippen molar-refractivity contribution in [2.45, 2.75) is 6.42 Å². The molecule has 170 valence electrons. The van der Waals surface area contributed by atoms with E-state index >= 15 is 0 Å². The number of piperazine rings is 3. The fourth-order valence-electron chi connectivity index (χ4n) is 4.44. The summed E-state index contributed by atoms with van der Waals surface area (Å²) in [5.41, 5.74) is 2.39. The first-order valence-corrected chi connectivity index (χ1v) is 11.2. The van der Waals surface area contributed by atoms with Gasteiger partial charge < -0.3 is 14.5 Å². The molecule has 3 aliphatic rings. The zero-order valence-electron chi connectivity index (χ0n) is 18.6. The molecule has 3 aliphatic heterocycles. The highest BCUT2D eigenvalue weighted by atomic mass is 16.6. The summed E-state index contributed by atoms with van der Waals surface area (Å²) in [6.45, 7) is 11.0. The van der Waals surface area contributed by atoms with Crippen molar-refractivity contribution in [3.63, 3.8) is 0 Å². The van der Waals surface area contributed by atoms with E-state index in [-0.39, 0.29) is 5.69 Å². The number of nitrogens with zero attached hydrogens (tertiary/aromatic N) is 5.